The molecule has 2 saturated heterocycles. The lowest BCUT2D eigenvalue weighted by molar-refractivity contribution is -0.133. The number of alkyl halides is 3. The van der Waals surface area contributed by atoms with Crippen molar-refractivity contribution >= 4 is 23.4 Å². The quantitative estimate of drug-likeness (QED) is 0.400. The first-order chi connectivity index (χ1) is 17.2. The van der Waals surface area contributed by atoms with Crippen LogP contribution in [-0.4, -0.2) is 67.0 Å². The van der Waals surface area contributed by atoms with Crippen LogP contribution in [0.25, 0.3) is 0 Å². The highest BCUT2D eigenvalue weighted by atomic mass is 32.2. The van der Waals surface area contributed by atoms with Gasteiger partial charge < -0.3 is 9.80 Å². The fourth-order valence-electron chi connectivity index (χ4n) is 5.22. The van der Waals surface area contributed by atoms with Crippen LogP contribution in [0.4, 0.5) is 18.9 Å². The van der Waals surface area contributed by atoms with Crippen molar-refractivity contribution in [3.05, 3.63) is 59.7 Å². The Morgan fingerprint density at radius 3 is 2.33 bits per heavy atom. The predicted molar refractivity (Wildman–Crippen MR) is 140 cm³/mol. The van der Waals surface area contributed by atoms with Gasteiger partial charge in [0.05, 0.1) is 0 Å². The number of aryl methyl sites for hydroxylation is 1. The monoisotopic (exact) mass is 519 g/mol. The summed E-state index contributed by atoms with van der Waals surface area (Å²) in [6, 6.07) is 15.4. The minimum Gasteiger partial charge on any atom is -0.369 e. The SMILES string of the molecule is Cc1ccc(N2CCN(CCCC(=O)N3CCC[C@H](Cc4ccc(SC(F)(F)F)cc4)C3)CC2)cc1. The number of halogens is 3. The number of likely N-dealkylation sites (tertiary alicyclic amines) is 1. The maximum atomic E-state index is 12.9. The summed E-state index contributed by atoms with van der Waals surface area (Å²) in [5.74, 6) is 0.591. The van der Waals surface area contributed by atoms with Crippen LogP contribution >= 0.6 is 11.8 Å². The average molecular weight is 520 g/mol. The Balaban J connectivity index is 1.16. The summed E-state index contributed by atoms with van der Waals surface area (Å²) in [5.41, 5.74) is -0.668. The van der Waals surface area contributed by atoms with E-state index in [2.05, 4.69) is 41.0 Å². The highest BCUT2D eigenvalue weighted by molar-refractivity contribution is 8.00. The van der Waals surface area contributed by atoms with Gasteiger partial charge in [-0.05, 0) is 86.7 Å². The molecule has 36 heavy (non-hydrogen) atoms. The third-order valence-corrected chi connectivity index (χ3v) is 7.93. The van der Waals surface area contributed by atoms with Gasteiger partial charge >= 0.3 is 5.51 Å². The molecule has 2 aliphatic heterocycles. The zero-order valence-electron chi connectivity index (χ0n) is 21.0. The van der Waals surface area contributed by atoms with E-state index in [-0.39, 0.29) is 22.6 Å². The highest BCUT2D eigenvalue weighted by Crippen LogP contribution is 2.37. The second-order valence-electron chi connectivity index (χ2n) is 10.0. The summed E-state index contributed by atoms with van der Waals surface area (Å²) in [6.45, 7) is 8.69. The molecule has 2 heterocycles. The fraction of sp³-hybridized carbons (Fsp3) is 0.536. The van der Waals surface area contributed by atoms with Gasteiger partial charge in [0.15, 0.2) is 0 Å². The molecule has 0 aliphatic carbocycles. The maximum absolute atomic E-state index is 12.9. The topological polar surface area (TPSA) is 26.8 Å². The first-order valence-electron chi connectivity index (χ1n) is 12.9. The molecule has 2 aromatic carbocycles. The van der Waals surface area contributed by atoms with Crippen molar-refractivity contribution in [2.24, 2.45) is 5.92 Å². The Hall–Kier alpha value is -2.19. The average Bonchev–Trinajstić information content (AvgIpc) is 2.85. The van der Waals surface area contributed by atoms with Gasteiger partial charge in [0.1, 0.15) is 0 Å². The number of carbonyl (C=O) groups is 1. The number of amides is 1. The zero-order chi connectivity index (χ0) is 25.5. The molecule has 4 rings (SSSR count). The largest absolute Gasteiger partial charge is 0.446 e. The number of piperazine rings is 1. The van der Waals surface area contributed by atoms with Crippen LogP contribution in [0.1, 0.15) is 36.8 Å². The van der Waals surface area contributed by atoms with Crippen LogP contribution in [0, 0.1) is 12.8 Å². The molecular formula is C28H36F3N3OS. The number of thioether (sulfide) groups is 1. The van der Waals surface area contributed by atoms with Crippen LogP contribution in [0.15, 0.2) is 53.4 Å². The van der Waals surface area contributed by atoms with Gasteiger partial charge in [-0.2, -0.15) is 13.2 Å². The van der Waals surface area contributed by atoms with E-state index in [0.29, 0.717) is 12.3 Å². The second kappa shape index (κ2) is 12.4. The van der Waals surface area contributed by atoms with Gasteiger partial charge in [-0.3, -0.25) is 9.69 Å². The number of piperidine rings is 1. The first kappa shape index (κ1) is 26.9. The number of hydrogen-bond donors (Lipinski definition) is 0. The Kier molecular flexibility index (Phi) is 9.23. The number of anilines is 1. The standard InChI is InChI=1S/C28H36F3N3OS/c1-22-6-10-25(11-7-22)33-18-16-32(17-19-33)14-3-5-27(35)34-15-2-4-24(21-34)20-23-8-12-26(13-9-23)36-28(29,30)31/h6-13,24H,2-5,14-21H2,1H3/t24-/m1/s1. The number of carbonyl (C=O) groups excluding carboxylic acids is 1. The van der Waals surface area contributed by atoms with Crippen molar-refractivity contribution in [1.29, 1.82) is 0 Å². The van der Waals surface area contributed by atoms with Crippen molar-refractivity contribution in [2.75, 3.05) is 50.7 Å². The summed E-state index contributed by atoms with van der Waals surface area (Å²) < 4.78 is 37.6. The molecule has 4 nitrogen and oxygen atoms in total. The third-order valence-electron chi connectivity index (χ3n) is 7.19. The highest BCUT2D eigenvalue weighted by Gasteiger charge is 2.29. The Morgan fingerprint density at radius 2 is 1.67 bits per heavy atom. The number of benzene rings is 2. The van der Waals surface area contributed by atoms with E-state index in [0.717, 1.165) is 77.1 Å². The molecule has 2 aromatic rings. The number of rotatable bonds is 8. The van der Waals surface area contributed by atoms with E-state index in [1.54, 1.807) is 24.3 Å². The number of nitrogens with zero attached hydrogens (tertiary/aromatic N) is 3. The van der Waals surface area contributed by atoms with E-state index in [1.807, 2.05) is 4.90 Å². The van der Waals surface area contributed by atoms with Crippen LogP contribution in [0.2, 0.25) is 0 Å². The molecule has 196 valence electrons. The summed E-state index contributed by atoms with van der Waals surface area (Å²) in [4.78, 5) is 20.0. The van der Waals surface area contributed by atoms with Gasteiger partial charge in [-0.1, -0.05) is 29.8 Å². The molecule has 1 atom stereocenters. The van der Waals surface area contributed by atoms with E-state index in [4.69, 9.17) is 0 Å². The molecule has 0 radical (unpaired) electrons. The molecule has 0 aromatic heterocycles. The van der Waals surface area contributed by atoms with Crippen LogP contribution in [-0.2, 0) is 11.2 Å². The lowest BCUT2D eigenvalue weighted by Gasteiger charge is -2.36. The smallest absolute Gasteiger partial charge is 0.369 e. The van der Waals surface area contributed by atoms with Crippen molar-refractivity contribution in [3.63, 3.8) is 0 Å². The number of hydrogen-bond acceptors (Lipinski definition) is 4. The van der Waals surface area contributed by atoms with Crippen molar-refractivity contribution in [1.82, 2.24) is 9.80 Å². The summed E-state index contributed by atoms with van der Waals surface area (Å²) >= 11 is -0.0817. The predicted octanol–water partition coefficient (Wildman–Crippen LogP) is 5.99. The first-order valence-corrected chi connectivity index (χ1v) is 13.7. The molecule has 2 fully saturated rings. The Morgan fingerprint density at radius 1 is 0.972 bits per heavy atom. The van der Waals surface area contributed by atoms with Gasteiger partial charge in [0.2, 0.25) is 5.91 Å². The van der Waals surface area contributed by atoms with Gasteiger partial charge in [0.25, 0.3) is 0 Å². The third kappa shape index (κ3) is 8.17. The zero-order valence-corrected chi connectivity index (χ0v) is 21.8. The van der Waals surface area contributed by atoms with Crippen LogP contribution in [0.5, 0.6) is 0 Å². The summed E-state index contributed by atoms with van der Waals surface area (Å²) in [7, 11) is 0. The second-order valence-corrected chi connectivity index (χ2v) is 11.2. The summed E-state index contributed by atoms with van der Waals surface area (Å²) in [5, 5.41) is 0. The minimum absolute atomic E-state index is 0.0817. The van der Waals surface area contributed by atoms with E-state index in [9.17, 15) is 18.0 Å². The van der Waals surface area contributed by atoms with Gasteiger partial charge in [-0.15, -0.1) is 0 Å². The van der Waals surface area contributed by atoms with E-state index in [1.165, 1.54) is 11.3 Å². The molecule has 0 saturated carbocycles. The molecular weight excluding hydrogens is 483 g/mol. The molecule has 0 unspecified atom stereocenters. The summed E-state index contributed by atoms with van der Waals surface area (Å²) in [6.07, 6.45) is 4.29. The lowest BCUT2D eigenvalue weighted by atomic mass is 9.91. The van der Waals surface area contributed by atoms with Crippen molar-refractivity contribution < 1.29 is 18.0 Å². The fourth-order valence-corrected chi connectivity index (χ4v) is 5.76. The maximum Gasteiger partial charge on any atom is 0.446 e. The van der Waals surface area contributed by atoms with Crippen molar-refractivity contribution in [3.8, 4) is 0 Å². The van der Waals surface area contributed by atoms with Crippen molar-refractivity contribution in [2.45, 2.75) is 49.4 Å². The molecule has 1 amide bonds. The molecule has 0 spiro atoms. The lowest BCUT2D eigenvalue weighted by Crippen LogP contribution is -2.47. The van der Waals surface area contributed by atoms with E-state index >= 15 is 0 Å². The minimum atomic E-state index is -4.26. The molecule has 0 N–H and O–H groups in total. The molecule has 2 aliphatic rings. The van der Waals surface area contributed by atoms with Crippen LogP contribution < -0.4 is 4.90 Å². The Bertz CT molecular complexity index is 973. The van der Waals surface area contributed by atoms with Crippen LogP contribution in [0.3, 0.4) is 0 Å². The normalized spacial score (nSPS) is 19.5. The van der Waals surface area contributed by atoms with Gasteiger partial charge in [-0.25, -0.2) is 0 Å². The Labute approximate surface area is 216 Å². The van der Waals surface area contributed by atoms with Gasteiger partial charge in [0, 0.05) is 56.3 Å². The molecule has 0 bridgehead atoms. The molecule has 8 heteroatoms. The van der Waals surface area contributed by atoms with E-state index < -0.39 is 5.51 Å².